The molecule has 0 amide bonds. The predicted molar refractivity (Wildman–Crippen MR) is 44.8 cm³/mol. The monoisotopic (exact) mass is 186 g/mol. The first-order valence-corrected chi connectivity index (χ1v) is 6.70. The topological polar surface area (TPSA) is 63.6 Å². The lowest BCUT2D eigenvalue weighted by Gasteiger charge is -2.13. The van der Waals surface area contributed by atoms with Crippen molar-refractivity contribution in [1.29, 1.82) is 0 Å². The van der Waals surface area contributed by atoms with Crippen LogP contribution in [0.3, 0.4) is 0 Å². The Labute approximate surface area is 71.7 Å². The predicted octanol–water partition coefficient (Wildman–Crippen LogP) is 0.452. The van der Waals surface area contributed by atoms with Crippen LogP contribution in [0.2, 0.25) is 19.6 Å². The van der Waals surface area contributed by atoms with E-state index in [-0.39, 0.29) is 0 Å². The first-order valence-electron chi connectivity index (χ1n) is 3.29. The summed E-state index contributed by atoms with van der Waals surface area (Å²) in [6.45, 7) is 5.44. The normalized spacial score (nSPS) is 9.58. The van der Waals surface area contributed by atoms with Crippen molar-refractivity contribution in [1.82, 2.24) is 0 Å². The van der Waals surface area contributed by atoms with E-state index in [0.717, 1.165) is 0 Å². The molecule has 0 saturated heterocycles. The molecule has 4 nitrogen and oxygen atoms in total. The number of carboxylic acid groups (broad SMARTS) is 1. The van der Waals surface area contributed by atoms with Crippen LogP contribution in [0.5, 0.6) is 0 Å². The standard InChI is InChI=1S/C7H10O4Si/c1-12(2,3)11-7(10)5-4-6(8)9/h1-3H3,(H,8,9). The fourth-order valence-corrected chi connectivity index (χ4v) is 1.02. The van der Waals surface area contributed by atoms with Gasteiger partial charge < -0.3 is 9.53 Å². The number of hydrogen-bond acceptors (Lipinski definition) is 3. The van der Waals surface area contributed by atoms with Gasteiger partial charge in [0.15, 0.2) is 0 Å². The molecule has 0 heterocycles. The number of carbonyl (C=O) groups is 2. The summed E-state index contributed by atoms with van der Waals surface area (Å²) < 4.78 is 4.85. The number of carboxylic acids is 1. The fourth-order valence-electron chi connectivity index (χ4n) is 0.408. The van der Waals surface area contributed by atoms with Gasteiger partial charge in [0.1, 0.15) is 0 Å². The van der Waals surface area contributed by atoms with Crippen LogP contribution in [0, 0.1) is 11.8 Å². The van der Waals surface area contributed by atoms with Crippen LogP contribution in [-0.4, -0.2) is 25.4 Å². The highest BCUT2D eigenvalue weighted by Gasteiger charge is 2.18. The van der Waals surface area contributed by atoms with E-state index >= 15 is 0 Å². The molecule has 0 aromatic heterocycles. The summed E-state index contributed by atoms with van der Waals surface area (Å²) in [7, 11) is -1.94. The first-order chi connectivity index (χ1) is 5.31. The van der Waals surface area contributed by atoms with Gasteiger partial charge in [-0.15, -0.1) is 0 Å². The summed E-state index contributed by atoms with van der Waals surface area (Å²) in [5.74, 6) is 1.45. The highest BCUT2D eigenvalue weighted by atomic mass is 28.4. The number of rotatable bonds is 1. The Morgan fingerprint density at radius 1 is 1.25 bits per heavy atom. The molecule has 0 atom stereocenters. The van der Waals surface area contributed by atoms with Gasteiger partial charge in [-0.25, -0.2) is 9.59 Å². The van der Waals surface area contributed by atoms with Crippen LogP contribution >= 0.6 is 0 Å². The second-order valence-corrected chi connectivity index (χ2v) is 7.49. The summed E-state index contributed by atoms with van der Waals surface area (Å²) in [5.41, 5.74) is 0. The third kappa shape index (κ3) is 6.83. The molecule has 0 spiro atoms. The van der Waals surface area contributed by atoms with Crippen LogP contribution in [0.25, 0.3) is 0 Å². The number of hydrogen-bond donors (Lipinski definition) is 1. The molecule has 0 aliphatic carbocycles. The second-order valence-electron chi connectivity index (χ2n) is 3.06. The minimum Gasteiger partial charge on any atom is -0.511 e. The average Bonchev–Trinajstić information content (AvgIpc) is 1.79. The molecule has 0 radical (unpaired) electrons. The Balaban J connectivity index is 4.11. The van der Waals surface area contributed by atoms with E-state index in [2.05, 4.69) is 0 Å². The minimum atomic E-state index is -1.94. The van der Waals surface area contributed by atoms with Crippen molar-refractivity contribution < 1.29 is 19.1 Å². The van der Waals surface area contributed by atoms with Gasteiger partial charge in [0.2, 0.25) is 8.32 Å². The summed E-state index contributed by atoms with van der Waals surface area (Å²) in [6.07, 6.45) is 0. The summed E-state index contributed by atoms with van der Waals surface area (Å²) in [4.78, 5) is 20.6. The molecule has 0 aromatic rings. The Morgan fingerprint density at radius 3 is 2.08 bits per heavy atom. The minimum absolute atomic E-state index is 0.767. The Morgan fingerprint density at radius 2 is 1.75 bits per heavy atom. The molecule has 5 heteroatoms. The summed E-state index contributed by atoms with van der Waals surface area (Å²) in [6, 6.07) is 0. The second kappa shape index (κ2) is 3.92. The van der Waals surface area contributed by atoms with Gasteiger partial charge in [0.05, 0.1) is 0 Å². The maximum absolute atomic E-state index is 10.7. The zero-order valence-electron chi connectivity index (χ0n) is 7.17. The SMILES string of the molecule is C[Si](C)(C)OC(=O)C#CC(=O)O. The van der Waals surface area contributed by atoms with Crippen molar-refractivity contribution in [2.45, 2.75) is 19.6 Å². The molecule has 0 unspecified atom stereocenters. The van der Waals surface area contributed by atoms with Crippen molar-refractivity contribution in [2.75, 3.05) is 0 Å². The fraction of sp³-hybridized carbons (Fsp3) is 0.429. The third-order valence-corrected chi connectivity index (χ3v) is 1.47. The molecule has 0 fully saturated rings. The Bertz CT molecular complexity index is 253. The van der Waals surface area contributed by atoms with Crippen LogP contribution in [0.1, 0.15) is 0 Å². The molecule has 1 N–H and O–H groups in total. The van der Waals surface area contributed by atoms with Gasteiger partial charge in [-0.1, -0.05) is 0 Å². The first kappa shape index (κ1) is 10.7. The Hall–Kier alpha value is -1.28. The van der Waals surface area contributed by atoms with Crippen molar-refractivity contribution in [3.05, 3.63) is 0 Å². The molecule has 0 saturated carbocycles. The highest BCUT2D eigenvalue weighted by molar-refractivity contribution is 6.71. The van der Waals surface area contributed by atoms with Gasteiger partial charge in [-0.05, 0) is 19.6 Å². The maximum Gasteiger partial charge on any atom is 0.382 e. The lowest BCUT2D eigenvalue weighted by Crippen LogP contribution is -2.28. The highest BCUT2D eigenvalue weighted by Crippen LogP contribution is 2.01. The van der Waals surface area contributed by atoms with E-state index < -0.39 is 20.3 Å². The molecule has 12 heavy (non-hydrogen) atoms. The van der Waals surface area contributed by atoms with E-state index in [9.17, 15) is 9.59 Å². The summed E-state index contributed by atoms with van der Waals surface area (Å²) in [5, 5.41) is 8.09. The lowest BCUT2D eigenvalue weighted by molar-refractivity contribution is -0.131. The molecule has 0 aliphatic rings. The smallest absolute Gasteiger partial charge is 0.382 e. The van der Waals surface area contributed by atoms with Gasteiger partial charge in [-0.3, -0.25) is 0 Å². The molecule has 0 bridgehead atoms. The largest absolute Gasteiger partial charge is 0.511 e. The molecule has 0 rings (SSSR count). The van der Waals surface area contributed by atoms with Gasteiger partial charge in [0, 0.05) is 11.8 Å². The van der Waals surface area contributed by atoms with Gasteiger partial charge in [0.25, 0.3) is 0 Å². The van der Waals surface area contributed by atoms with E-state index in [1.165, 1.54) is 0 Å². The molecule has 66 valence electrons. The van der Waals surface area contributed by atoms with E-state index in [4.69, 9.17) is 9.53 Å². The zero-order chi connectivity index (χ0) is 9.78. The van der Waals surface area contributed by atoms with Crippen LogP contribution in [0.15, 0.2) is 0 Å². The van der Waals surface area contributed by atoms with Crippen molar-refractivity contribution in [3.8, 4) is 11.8 Å². The molecule has 0 aromatic carbocycles. The van der Waals surface area contributed by atoms with Crippen molar-refractivity contribution >= 4 is 20.3 Å². The average molecular weight is 186 g/mol. The van der Waals surface area contributed by atoms with Crippen molar-refractivity contribution in [2.24, 2.45) is 0 Å². The van der Waals surface area contributed by atoms with Gasteiger partial charge in [-0.2, -0.15) is 0 Å². The molecular formula is C7H10O4Si. The Kier molecular flexibility index (Phi) is 3.50. The molecule has 0 aliphatic heterocycles. The lowest BCUT2D eigenvalue weighted by atomic mass is 10.6. The zero-order valence-corrected chi connectivity index (χ0v) is 8.17. The number of carbonyl (C=O) groups excluding carboxylic acids is 1. The quantitative estimate of drug-likeness (QED) is 0.477. The van der Waals surface area contributed by atoms with E-state index in [1.54, 1.807) is 5.92 Å². The van der Waals surface area contributed by atoms with Gasteiger partial charge >= 0.3 is 11.9 Å². The van der Waals surface area contributed by atoms with E-state index in [0.29, 0.717) is 0 Å². The maximum atomic E-state index is 10.7. The van der Waals surface area contributed by atoms with Crippen molar-refractivity contribution in [3.63, 3.8) is 0 Å². The van der Waals surface area contributed by atoms with Crippen LogP contribution in [0.4, 0.5) is 0 Å². The van der Waals surface area contributed by atoms with Crippen LogP contribution < -0.4 is 0 Å². The molecular weight excluding hydrogens is 176 g/mol. The third-order valence-electron chi connectivity index (χ3n) is 0.670. The van der Waals surface area contributed by atoms with Crippen LogP contribution in [-0.2, 0) is 14.0 Å². The summed E-state index contributed by atoms with van der Waals surface area (Å²) >= 11 is 0. The van der Waals surface area contributed by atoms with E-state index in [1.807, 2.05) is 25.6 Å². The number of aliphatic carboxylic acids is 1.